The maximum Gasteiger partial charge on any atom is 0.314 e. The zero-order valence-electron chi connectivity index (χ0n) is 11.1. The highest BCUT2D eigenvalue weighted by atomic mass is 19.2. The fourth-order valence-electron chi connectivity index (χ4n) is 2.15. The molecule has 0 fully saturated rings. The monoisotopic (exact) mass is 295 g/mol. The van der Waals surface area contributed by atoms with Crippen molar-refractivity contribution in [3.05, 3.63) is 65.2 Å². The summed E-state index contributed by atoms with van der Waals surface area (Å²) in [6.45, 7) is 1.27. The first-order valence-electron chi connectivity index (χ1n) is 6.12. The second-order valence-corrected chi connectivity index (χ2v) is 4.89. The molecule has 0 aliphatic carbocycles. The number of carbonyl (C=O) groups is 1. The van der Waals surface area contributed by atoms with Gasteiger partial charge in [0.05, 0.1) is 5.41 Å². The van der Waals surface area contributed by atoms with Crippen molar-refractivity contribution in [1.82, 2.24) is 4.98 Å². The largest absolute Gasteiger partial charge is 0.481 e. The van der Waals surface area contributed by atoms with Gasteiger partial charge in [0.15, 0.2) is 17.5 Å². The normalized spacial score (nSPS) is 13.7. The van der Waals surface area contributed by atoms with Gasteiger partial charge >= 0.3 is 5.97 Å². The molecule has 6 heteroatoms. The molecule has 1 unspecified atom stereocenters. The van der Waals surface area contributed by atoms with Gasteiger partial charge in [-0.25, -0.2) is 13.2 Å². The fraction of sp³-hybridized carbons (Fsp3) is 0.200. The fourth-order valence-corrected chi connectivity index (χ4v) is 2.15. The molecule has 3 nitrogen and oxygen atoms in total. The second-order valence-electron chi connectivity index (χ2n) is 4.89. The Morgan fingerprint density at radius 1 is 1.14 bits per heavy atom. The van der Waals surface area contributed by atoms with Gasteiger partial charge in [0, 0.05) is 18.0 Å². The van der Waals surface area contributed by atoms with Crippen LogP contribution in [0.25, 0.3) is 0 Å². The maximum atomic E-state index is 13.9. The van der Waals surface area contributed by atoms with E-state index in [0.717, 1.165) is 12.1 Å². The zero-order chi connectivity index (χ0) is 15.6. The van der Waals surface area contributed by atoms with E-state index in [1.165, 1.54) is 19.3 Å². The van der Waals surface area contributed by atoms with E-state index in [1.54, 1.807) is 12.1 Å². The summed E-state index contributed by atoms with van der Waals surface area (Å²) in [5.74, 6) is -5.83. The zero-order valence-corrected chi connectivity index (χ0v) is 11.1. The van der Waals surface area contributed by atoms with Crippen LogP contribution < -0.4 is 0 Å². The van der Waals surface area contributed by atoms with Gasteiger partial charge in [-0.2, -0.15) is 0 Å². The van der Waals surface area contributed by atoms with Crippen LogP contribution in [-0.4, -0.2) is 16.1 Å². The van der Waals surface area contributed by atoms with Crippen molar-refractivity contribution >= 4 is 5.97 Å². The highest BCUT2D eigenvalue weighted by Crippen LogP contribution is 2.32. The molecule has 0 aliphatic heterocycles. The van der Waals surface area contributed by atoms with Crippen molar-refractivity contribution in [1.29, 1.82) is 0 Å². The third-order valence-electron chi connectivity index (χ3n) is 3.41. The van der Waals surface area contributed by atoms with Crippen LogP contribution in [0.15, 0.2) is 36.7 Å². The Bertz CT molecular complexity index is 676. The molecule has 0 saturated heterocycles. The number of hydrogen-bond donors (Lipinski definition) is 1. The minimum atomic E-state index is -1.72. The number of aromatic nitrogens is 1. The summed E-state index contributed by atoms with van der Waals surface area (Å²) in [5.41, 5.74) is -1.52. The van der Waals surface area contributed by atoms with Gasteiger partial charge in [0.25, 0.3) is 0 Å². The summed E-state index contributed by atoms with van der Waals surface area (Å²) >= 11 is 0. The average molecular weight is 295 g/mol. The lowest BCUT2D eigenvalue weighted by atomic mass is 9.77. The summed E-state index contributed by atoms with van der Waals surface area (Å²) in [6, 6.07) is 4.85. The molecule has 1 atom stereocenters. The van der Waals surface area contributed by atoms with E-state index in [2.05, 4.69) is 4.98 Å². The van der Waals surface area contributed by atoms with Crippen LogP contribution in [0.3, 0.4) is 0 Å². The number of pyridine rings is 1. The van der Waals surface area contributed by atoms with Crippen molar-refractivity contribution in [3.8, 4) is 0 Å². The molecule has 1 heterocycles. The Morgan fingerprint density at radius 3 is 2.33 bits per heavy atom. The Labute approximate surface area is 119 Å². The molecule has 1 aromatic carbocycles. The molecule has 0 aliphatic rings. The van der Waals surface area contributed by atoms with Crippen LogP contribution in [0.5, 0.6) is 0 Å². The molecule has 21 heavy (non-hydrogen) atoms. The van der Waals surface area contributed by atoms with Crippen molar-refractivity contribution in [3.63, 3.8) is 0 Å². The number of carboxylic acid groups (broad SMARTS) is 1. The van der Waals surface area contributed by atoms with E-state index < -0.39 is 34.4 Å². The number of carboxylic acids is 1. The molecular weight excluding hydrogens is 283 g/mol. The van der Waals surface area contributed by atoms with Gasteiger partial charge in [-0.3, -0.25) is 9.78 Å². The van der Waals surface area contributed by atoms with E-state index >= 15 is 0 Å². The number of aliphatic carboxylic acids is 1. The molecule has 0 spiro atoms. The smallest absolute Gasteiger partial charge is 0.314 e. The summed E-state index contributed by atoms with van der Waals surface area (Å²) in [5, 5.41) is 9.43. The standard InChI is InChI=1S/C15H12F3NO2/c1-15(14(20)21,8-9-4-6-19-7-5-9)10-2-3-11(16)13(18)12(10)17/h2-7H,8H2,1H3,(H,20,21). The van der Waals surface area contributed by atoms with Gasteiger partial charge < -0.3 is 5.11 Å². The Morgan fingerprint density at radius 2 is 1.76 bits per heavy atom. The molecule has 0 saturated carbocycles. The van der Waals surface area contributed by atoms with Crippen molar-refractivity contribution in [2.75, 3.05) is 0 Å². The number of hydrogen-bond acceptors (Lipinski definition) is 2. The average Bonchev–Trinajstić information content (AvgIpc) is 2.45. The second kappa shape index (κ2) is 5.55. The summed E-state index contributed by atoms with van der Waals surface area (Å²) < 4.78 is 40.3. The van der Waals surface area contributed by atoms with E-state index in [1.807, 2.05) is 0 Å². The van der Waals surface area contributed by atoms with Crippen LogP contribution in [-0.2, 0) is 16.6 Å². The molecule has 1 aromatic heterocycles. The minimum absolute atomic E-state index is 0.0765. The van der Waals surface area contributed by atoms with E-state index in [-0.39, 0.29) is 6.42 Å². The van der Waals surface area contributed by atoms with Crippen LogP contribution in [0.1, 0.15) is 18.1 Å². The maximum absolute atomic E-state index is 13.9. The number of benzene rings is 1. The van der Waals surface area contributed by atoms with Crippen molar-refractivity contribution in [2.24, 2.45) is 0 Å². The first kappa shape index (κ1) is 15.0. The predicted molar refractivity (Wildman–Crippen MR) is 69.2 cm³/mol. The quantitative estimate of drug-likeness (QED) is 0.882. The molecule has 0 bridgehead atoms. The molecule has 1 N–H and O–H groups in total. The lowest BCUT2D eigenvalue weighted by molar-refractivity contribution is -0.143. The Balaban J connectivity index is 2.53. The number of halogens is 3. The highest BCUT2D eigenvalue weighted by Gasteiger charge is 2.39. The van der Waals surface area contributed by atoms with Crippen LogP contribution in [0.4, 0.5) is 13.2 Å². The topological polar surface area (TPSA) is 50.2 Å². The van der Waals surface area contributed by atoms with Crippen LogP contribution in [0, 0.1) is 17.5 Å². The van der Waals surface area contributed by atoms with Crippen molar-refractivity contribution < 1.29 is 23.1 Å². The van der Waals surface area contributed by atoms with Crippen LogP contribution >= 0.6 is 0 Å². The molecule has 2 aromatic rings. The molecule has 0 amide bonds. The molecule has 110 valence electrons. The first-order chi connectivity index (χ1) is 9.86. The summed E-state index contributed by atoms with van der Waals surface area (Å²) in [7, 11) is 0. The third kappa shape index (κ3) is 2.74. The van der Waals surface area contributed by atoms with Gasteiger partial charge in [-0.1, -0.05) is 6.07 Å². The van der Waals surface area contributed by atoms with Crippen LogP contribution in [0.2, 0.25) is 0 Å². The number of nitrogens with zero attached hydrogens (tertiary/aromatic N) is 1. The minimum Gasteiger partial charge on any atom is -0.481 e. The van der Waals surface area contributed by atoms with Gasteiger partial charge in [0.1, 0.15) is 0 Å². The Hall–Kier alpha value is -2.37. The Kier molecular flexibility index (Phi) is 3.97. The number of rotatable bonds is 4. The van der Waals surface area contributed by atoms with E-state index in [9.17, 15) is 23.1 Å². The molecular formula is C15H12F3NO2. The molecule has 0 radical (unpaired) electrons. The SMILES string of the molecule is CC(Cc1ccncc1)(C(=O)O)c1ccc(F)c(F)c1F. The molecule has 2 rings (SSSR count). The lowest BCUT2D eigenvalue weighted by Gasteiger charge is -2.26. The summed E-state index contributed by atoms with van der Waals surface area (Å²) in [6.07, 6.45) is 2.87. The van der Waals surface area contributed by atoms with Gasteiger partial charge in [-0.05, 0) is 37.1 Å². The third-order valence-corrected chi connectivity index (χ3v) is 3.41. The highest BCUT2D eigenvalue weighted by molar-refractivity contribution is 5.81. The van der Waals surface area contributed by atoms with Crippen molar-refractivity contribution in [2.45, 2.75) is 18.8 Å². The lowest BCUT2D eigenvalue weighted by Crippen LogP contribution is -2.36. The predicted octanol–water partition coefficient (Wildman–Crippen LogP) is 3.08. The van der Waals surface area contributed by atoms with Gasteiger partial charge in [0.2, 0.25) is 0 Å². The van der Waals surface area contributed by atoms with E-state index in [4.69, 9.17) is 0 Å². The van der Waals surface area contributed by atoms with Gasteiger partial charge in [-0.15, -0.1) is 0 Å². The van der Waals surface area contributed by atoms with E-state index in [0.29, 0.717) is 5.56 Å². The first-order valence-corrected chi connectivity index (χ1v) is 6.12. The summed E-state index contributed by atoms with van der Waals surface area (Å²) in [4.78, 5) is 15.4.